The van der Waals surface area contributed by atoms with Gasteiger partial charge in [0.05, 0.1) is 0 Å². The van der Waals surface area contributed by atoms with Crippen LogP contribution in [0.1, 0.15) is 13.8 Å². The van der Waals surface area contributed by atoms with E-state index in [1.807, 2.05) is 13.8 Å². The number of hydrogen-bond donors (Lipinski definition) is 4. The lowest BCUT2D eigenvalue weighted by atomic mass is 10.4. The summed E-state index contributed by atoms with van der Waals surface area (Å²) >= 11 is 0. The van der Waals surface area contributed by atoms with E-state index in [4.69, 9.17) is 22.9 Å². The van der Waals surface area contributed by atoms with Gasteiger partial charge in [-0.25, -0.2) is 0 Å². The molecule has 0 aliphatic rings. The van der Waals surface area contributed by atoms with Crippen LogP contribution < -0.4 is 22.9 Å². The molecule has 4 heteroatoms. The quantitative estimate of drug-likeness (QED) is 0.386. The van der Waals surface area contributed by atoms with Crippen LogP contribution in [-0.4, -0.2) is 25.2 Å². The monoisotopic (exact) mass is 148 g/mol. The predicted octanol–water partition coefficient (Wildman–Crippen LogP) is -1.42. The van der Waals surface area contributed by atoms with E-state index >= 15 is 0 Å². The van der Waals surface area contributed by atoms with Crippen molar-refractivity contribution < 1.29 is 0 Å². The van der Waals surface area contributed by atoms with E-state index in [2.05, 4.69) is 0 Å². The lowest BCUT2D eigenvalue weighted by Crippen LogP contribution is -2.25. The van der Waals surface area contributed by atoms with Gasteiger partial charge in [-0.15, -0.1) is 0 Å². The number of rotatable bonds is 2. The average Bonchev–Trinajstić information content (AvgIpc) is 1.89. The molecule has 8 N–H and O–H groups in total. The van der Waals surface area contributed by atoms with E-state index in [0.29, 0.717) is 13.1 Å². The van der Waals surface area contributed by atoms with Gasteiger partial charge in [0, 0.05) is 25.2 Å². The maximum absolute atomic E-state index is 5.17. The molecular weight excluding hydrogens is 128 g/mol. The van der Waals surface area contributed by atoms with Crippen LogP contribution in [0, 0.1) is 0 Å². The standard InChI is InChI=1S/2C3H10N2/c2*1-3(5)2-4/h2*3H,2,4-5H2,1H3. The van der Waals surface area contributed by atoms with Crippen LogP contribution in [0.15, 0.2) is 0 Å². The molecule has 0 heterocycles. The maximum Gasteiger partial charge on any atom is 0.0134 e. The minimum Gasteiger partial charge on any atom is -0.329 e. The molecule has 2 unspecified atom stereocenters. The summed E-state index contributed by atoms with van der Waals surface area (Å²) in [5.41, 5.74) is 20.4. The molecule has 0 spiro atoms. The van der Waals surface area contributed by atoms with E-state index in [9.17, 15) is 0 Å². The normalized spacial score (nSPS) is 15.0. The van der Waals surface area contributed by atoms with Gasteiger partial charge in [0.1, 0.15) is 0 Å². The average molecular weight is 148 g/mol. The van der Waals surface area contributed by atoms with Crippen LogP contribution in [0.5, 0.6) is 0 Å². The Kier molecular flexibility index (Phi) is 11.1. The molecule has 2 atom stereocenters. The zero-order valence-electron chi connectivity index (χ0n) is 6.88. The Balaban J connectivity index is 0. The van der Waals surface area contributed by atoms with E-state index in [-0.39, 0.29) is 12.1 Å². The van der Waals surface area contributed by atoms with Gasteiger partial charge < -0.3 is 22.9 Å². The van der Waals surface area contributed by atoms with Gasteiger partial charge in [0.2, 0.25) is 0 Å². The third-order valence-corrected chi connectivity index (χ3v) is 0.744. The van der Waals surface area contributed by atoms with E-state index < -0.39 is 0 Å². The molecule has 10 heavy (non-hydrogen) atoms. The van der Waals surface area contributed by atoms with Crippen molar-refractivity contribution in [3.05, 3.63) is 0 Å². The van der Waals surface area contributed by atoms with Gasteiger partial charge in [-0.3, -0.25) is 0 Å². The summed E-state index contributed by atoms with van der Waals surface area (Å²) in [7, 11) is 0. The second-order valence-corrected chi connectivity index (χ2v) is 2.43. The fourth-order valence-corrected chi connectivity index (χ4v) is 0. The highest BCUT2D eigenvalue weighted by Gasteiger charge is 1.80. The first-order chi connectivity index (χ1) is 4.54. The molecular formula is C6H20N4. The van der Waals surface area contributed by atoms with Crippen molar-refractivity contribution in [1.29, 1.82) is 0 Å². The third kappa shape index (κ3) is 24.9. The second-order valence-electron chi connectivity index (χ2n) is 2.43. The van der Waals surface area contributed by atoms with Crippen molar-refractivity contribution in [3.8, 4) is 0 Å². The van der Waals surface area contributed by atoms with Gasteiger partial charge in [-0.1, -0.05) is 0 Å². The largest absolute Gasteiger partial charge is 0.329 e. The highest BCUT2D eigenvalue weighted by atomic mass is 14.7. The SMILES string of the molecule is CC(N)CN.CC(N)CN. The summed E-state index contributed by atoms with van der Waals surface area (Å²) in [6, 6.07) is 0.324. The number of hydrogen-bond acceptors (Lipinski definition) is 4. The molecule has 4 nitrogen and oxygen atoms in total. The summed E-state index contributed by atoms with van der Waals surface area (Å²) in [4.78, 5) is 0. The molecule has 0 fully saturated rings. The molecule has 0 aromatic rings. The molecule has 0 rings (SSSR count). The summed E-state index contributed by atoms with van der Waals surface area (Å²) in [6.45, 7) is 4.92. The van der Waals surface area contributed by atoms with Crippen LogP contribution in [0.4, 0.5) is 0 Å². The third-order valence-electron chi connectivity index (χ3n) is 0.744. The summed E-state index contributed by atoms with van der Waals surface area (Å²) in [5.74, 6) is 0. The molecule has 0 aliphatic carbocycles. The number of nitrogens with two attached hydrogens (primary N) is 4. The van der Waals surface area contributed by atoms with Gasteiger partial charge in [0.15, 0.2) is 0 Å². The minimum absolute atomic E-state index is 0.162. The van der Waals surface area contributed by atoms with Gasteiger partial charge in [0.25, 0.3) is 0 Å². The predicted molar refractivity (Wildman–Crippen MR) is 45.4 cm³/mol. The van der Waals surface area contributed by atoms with E-state index in [1.165, 1.54) is 0 Å². The first-order valence-corrected chi connectivity index (χ1v) is 3.45. The highest BCUT2D eigenvalue weighted by Crippen LogP contribution is 1.59. The van der Waals surface area contributed by atoms with Crippen molar-refractivity contribution in [2.45, 2.75) is 25.9 Å². The van der Waals surface area contributed by atoms with Crippen LogP contribution in [0.3, 0.4) is 0 Å². The minimum atomic E-state index is 0.162. The fourth-order valence-electron chi connectivity index (χ4n) is 0. The van der Waals surface area contributed by atoms with Gasteiger partial charge >= 0.3 is 0 Å². The highest BCUT2D eigenvalue weighted by molar-refractivity contribution is 4.48. The van der Waals surface area contributed by atoms with Crippen molar-refractivity contribution in [3.63, 3.8) is 0 Å². The van der Waals surface area contributed by atoms with Crippen LogP contribution in [0.2, 0.25) is 0 Å². The van der Waals surface area contributed by atoms with Crippen molar-refractivity contribution in [1.82, 2.24) is 0 Å². The van der Waals surface area contributed by atoms with Gasteiger partial charge in [-0.2, -0.15) is 0 Å². The second kappa shape index (κ2) is 8.84. The van der Waals surface area contributed by atoms with Crippen molar-refractivity contribution in [2.75, 3.05) is 13.1 Å². The zero-order valence-corrected chi connectivity index (χ0v) is 6.88. The van der Waals surface area contributed by atoms with Crippen LogP contribution in [0.25, 0.3) is 0 Å². The molecule has 64 valence electrons. The Labute approximate surface area is 62.9 Å². The Hall–Kier alpha value is -0.160. The van der Waals surface area contributed by atoms with E-state index in [0.717, 1.165) is 0 Å². The molecule has 0 saturated carbocycles. The summed E-state index contributed by atoms with van der Waals surface area (Å²) in [6.07, 6.45) is 0. The van der Waals surface area contributed by atoms with Gasteiger partial charge in [-0.05, 0) is 13.8 Å². The molecule has 0 saturated heterocycles. The molecule has 0 aromatic heterocycles. The lowest BCUT2D eigenvalue weighted by molar-refractivity contribution is 0.752. The molecule has 0 amide bonds. The van der Waals surface area contributed by atoms with Crippen molar-refractivity contribution >= 4 is 0 Å². The smallest absolute Gasteiger partial charge is 0.0134 e. The molecule has 0 aromatic carbocycles. The Bertz CT molecular complexity index is 45.7. The molecule has 0 bridgehead atoms. The zero-order chi connectivity index (χ0) is 8.57. The fraction of sp³-hybridized carbons (Fsp3) is 1.00. The lowest BCUT2D eigenvalue weighted by Gasteiger charge is -1.92. The molecule has 0 aliphatic heterocycles. The molecule has 0 radical (unpaired) electrons. The maximum atomic E-state index is 5.17. The summed E-state index contributed by atoms with van der Waals surface area (Å²) in [5, 5.41) is 0. The Morgan fingerprint density at radius 2 is 1.00 bits per heavy atom. The topological polar surface area (TPSA) is 104 Å². The first kappa shape index (κ1) is 12.5. The summed E-state index contributed by atoms with van der Waals surface area (Å²) < 4.78 is 0. The van der Waals surface area contributed by atoms with Crippen molar-refractivity contribution in [2.24, 2.45) is 22.9 Å². The Morgan fingerprint density at radius 1 is 0.900 bits per heavy atom. The van der Waals surface area contributed by atoms with E-state index in [1.54, 1.807) is 0 Å². The van der Waals surface area contributed by atoms with Crippen LogP contribution in [-0.2, 0) is 0 Å². The first-order valence-electron chi connectivity index (χ1n) is 3.45. The van der Waals surface area contributed by atoms with Crippen LogP contribution >= 0.6 is 0 Å². The Morgan fingerprint density at radius 3 is 1.00 bits per heavy atom.